The third kappa shape index (κ3) is 3.58. The van der Waals surface area contributed by atoms with Crippen LogP contribution in [-0.4, -0.2) is 82.5 Å². The van der Waals surface area contributed by atoms with Gasteiger partial charge in [0.25, 0.3) is 6.01 Å². The minimum absolute atomic E-state index is 0.0117. The number of piperazine rings is 1. The molecule has 0 spiro atoms. The number of hydrogen-bond acceptors (Lipinski definition) is 9. The number of alkyl halides is 2. The zero-order chi connectivity index (χ0) is 24.2. The molecule has 0 saturated carbocycles. The predicted octanol–water partition coefficient (Wildman–Crippen LogP) is 2.88. The first-order chi connectivity index (χ1) is 16.2. The number of rotatable bonds is 6. The second-order valence-electron chi connectivity index (χ2n) is 7.90. The second kappa shape index (κ2) is 8.06. The van der Waals surface area contributed by atoms with E-state index in [1.54, 1.807) is 15.8 Å². The highest BCUT2D eigenvalue weighted by Gasteiger charge is 2.49. The van der Waals surface area contributed by atoms with Gasteiger partial charge in [0.2, 0.25) is 0 Å². The standard InChI is InChI=1S/C20H19F2N5O6S/c1-25(31-2)17(28)20(21,22)33-14-4-3-12(13-8-34-9-23-13)16-15(14)24-18(32-16)26-6-10-5-11(7-26)27(10)19(29)30/h3-4,8-11H,5-7H2,1-2H3,(H,29,30). The van der Waals surface area contributed by atoms with Crippen molar-refractivity contribution in [2.24, 2.45) is 0 Å². The van der Waals surface area contributed by atoms with E-state index in [-0.39, 0.29) is 34.9 Å². The summed E-state index contributed by atoms with van der Waals surface area (Å²) in [4.78, 5) is 39.7. The van der Waals surface area contributed by atoms with Gasteiger partial charge in [-0.3, -0.25) is 14.5 Å². The van der Waals surface area contributed by atoms with Crippen LogP contribution in [0.2, 0.25) is 0 Å². The summed E-state index contributed by atoms with van der Waals surface area (Å²) < 4.78 is 39.9. The number of carboxylic acid groups (broad SMARTS) is 1. The molecule has 0 aliphatic carbocycles. The van der Waals surface area contributed by atoms with Crippen LogP contribution < -0.4 is 9.64 Å². The Morgan fingerprint density at radius 1 is 1.32 bits per heavy atom. The number of hydrogen-bond donors (Lipinski definition) is 1. The van der Waals surface area contributed by atoms with Crippen LogP contribution in [0.15, 0.2) is 27.4 Å². The van der Waals surface area contributed by atoms with E-state index >= 15 is 0 Å². The van der Waals surface area contributed by atoms with Crippen LogP contribution in [0, 0.1) is 0 Å². The number of aromatic nitrogens is 2. The van der Waals surface area contributed by atoms with Gasteiger partial charge in [-0.15, -0.1) is 11.3 Å². The van der Waals surface area contributed by atoms with Crippen LogP contribution in [0.25, 0.3) is 22.4 Å². The molecular formula is C20H19F2N5O6S. The van der Waals surface area contributed by atoms with E-state index in [0.717, 1.165) is 20.6 Å². The molecular weight excluding hydrogens is 476 g/mol. The van der Waals surface area contributed by atoms with Crippen LogP contribution in [-0.2, 0) is 9.63 Å². The molecule has 1 aromatic carbocycles. The Morgan fingerprint density at radius 2 is 2.06 bits per heavy atom. The third-order valence-electron chi connectivity index (χ3n) is 5.94. The van der Waals surface area contributed by atoms with Crippen molar-refractivity contribution >= 4 is 40.5 Å². The van der Waals surface area contributed by atoms with Gasteiger partial charge in [0, 0.05) is 31.1 Å². The van der Waals surface area contributed by atoms with Crippen LogP contribution >= 0.6 is 11.3 Å². The SMILES string of the molecule is CON(C)C(=O)C(F)(F)Oc1ccc(-c2cscn2)c2oc(N3CC4CC(C3)N4C(=O)O)nc12. The monoisotopic (exact) mass is 495 g/mol. The van der Waals surface area contributed by atoms with Gasteiger partial charge in [0.15, 0.2) is 16.8 Å². The number of amides is 2. The molecule has 180 valence electrons. The van der Waals surface area contributed by atoms with Crippen molar-refractivity contribution in [3.05, 3.63) is 23.0 Å². The average molecular weight is 495 g/mol. The Labute approximate surface area is 195 Å². The van der Waals surface area contributed by atoms with Gasteiger partial charge in [-0.25, -0.2) is 14.8 Å². The molecule has 2 bridgehead atoms. The molecule has 3 fully saturated rings. The van der Waals surface area contributed by atoms with E-state index in [1.807, 2.05) is 0 Å². The zero-order valence-electron chi connectivity index (χ0n) is 18.0. The molecule has 11 nitrogen and oxygen atoms in total. The van der Waals surface area contributed by atoms with Crippen LogP contribution in [0.1, 0.15) is 6.42 Å². The van der Waals surface area contributed by atoms with Gasteiger partial charge in [0.1, 0.15) is 0 Å². The Kier molecular flexibility index (Phi) is 5.28. The normalized spacial score (nSPS) is 19.8. The number of carbonyl (C=O) groups is 2. The van der Waals surface area contributed by atoms with E-state index in [1.165, 1.54) is 28.4 Å². The van der Waals surface area contributed by atoms with E-state index in [4.69, 9.17) is 9.15 Å². The number of ether oxygens (including phenoxy) is 1. The Balaban J connectivity index is 1.52. The van der Waals surface area contributed by atoms with Crippen LogP contribution in [0.5, 0.6) is 5.75 Å². The zero-order valence-corrected chi connectivity index (χ0v) is 18.8. The van der Waals surface area contributed by atoms with Gasteiger partial charge >= 0.3 is 18.1 Å². The maximum absolute atomic E-state index is 14.5. The van der Waals surface area contributed by atoms with Crippen molar-refractivity contribution in [2.75, 3.05) is 32.1 Å². The highest BCUT2D eigenvalue weighted by molar-refractivity contribution is 7.07. The van der Waals surface area contributed by atoms with E-state index in [9.17, 15) is 23.5 Å². The molecule has 5 heterocycles. The van der Waals surface area contributed by atoms with Gasteiger partial charge in [0.05, 0.1) is 30.4 Å². The second-order valence-corrected chi connectivity index (χ2v) is 8.62. The number of benzene rings is 1. The predicted molar refractivity (Wildman–Crippen MR) is 115 cm³/mol. The molecule has 3 aliphatic heterocycles. The lowest BCUT2D eigenvalue weighted by Gasteiger charge is -2.54. The summed E-state index contributed by atoms with van der Waals surface area (Å²) >= 11 is 1.35. The van der Waals surface area contributed by atoms with Gasteiger partial charge in [-0.1, -0.05) is 0 Å². The molecule has 3 aromatic rings. The highest BCUT2D eigenvalue weighted by atomic mass is 32.1. The maximum Gasteiger partial charge on any atom is 0.484 e. The summed E-state index contributed by atoms with van der Waals surface area (Å²) in [6, 6.07) is 2.52. The number of anilines is 1. The fourth-order valence-corrected chi connectivity index (χ4v) is 4.82. The lowest BCUT2D eigenvalue weighted by molar-refractivity contribution is -0.231. The highest BCUT2D eigenvalue weighted by Crippen LogP contribution is 2.41. The van der Waals surface area contributed by atoms with E-state index in [2.05, 4.69) is 14.8 Å². The number of nitrogens with zero attached hydrogens (tertiary/aromatic N) is 5. The molecule has 1 N–H and O–H groups in total. The number of halogens is 2. The Bertz CT molecular complexity index is 1240. The topological polar surface area (TPSA) is 121 Å². The molecule has 2 amide bonds. The fraction of sp³-hybridized carbons (Fsp3) is 0.400. The lowest BCUT2D eigenvalue weighted by Crippen LogP contribution is -2.70. The number of carbonyl (C=O) groups excluding carboxylic acids is 1. The Morgan fingerprint density at radius 3 is 2.68 bits per heavy atom. The van der Waals surface area contributed by atoms with Crippen molar-refractivity contribution in [2.45, 2.75) is 24.6 Å². The largest absolute Gasteiger partial charge is 0.484 e. The van der Waals surface area contributed by atoms with E-state index in [0.29, 0.717) is 29.4 Å². The molecule has 14 heteroatoms. The maximum atomic E-state index is 14.5. The first-order valence-electron chi connectivity index (χ1n) is 10.2. The molecule has 6 rings (SSSR count). The molecule has 0 radical (unpaired) electrons. The summed E-state index contributed by atoms with van der Waals surface area (Å²) in [5.74, 6) is -2.05. The summed E-state index contributed by atoms with van der Waals surface area (Å²) in [6.07, 6.45) is -4.47. The summed E-state index contributed by atoms with van der Waals surface area (Å²) in [5.41, 5.74) is 2.85. The molecule has 3 saturated heterocycles. The molecule has 2 aromatic heterocycles. The first-order valence-corrected chi connectivity index (χ1v) is 11.1. The fourth-order valence-electron chi connectivity index (χ4n) is 4.26. The van der Waals surface area contributed by atoms with Gasteiger partial charge in [-0.05, 0) is 18.6 Å². The van der Waals surface area contributed by atoms with Gasteiger partial charge in [-0.2, -0.15) is 13.8 Å². The Hall–Kier alpha value is -3.52. The number of likely N-dealkylation sites (N-methyl/N-ethyl adjacent to an activating group) is 1. The number of thiazole rings is 1. The number of piperidine rings is 1. The minimum atomic E-state index is -4.23. The van der Waals surface area contributed by atoms with Crippen LogP contribution in [0.3, 0.4) is 0 Å². The van der Waals surface area contributed by atoms with Crippen LogP contribution in [0.4, 0.5) is 19.6 Å². The molecule has 34 heavy (non-hydrogen) atoms. The summed E-state index contributed by atoms with van der Waals surface area (Å²) in [6.45, 7) is 0.705. The van der Waals surface area contributed by atoms with Crippen molar-refractivity contribution in [3.63, 3.8) is 0 Å². The van der Waals surface area contributed by atoms with Crippen molar-refractivity contribution in [3.8, 4) is 17.0 Å². The van der Waals surface area contributed by atoms with Crippen molar-refractivity contribution in [1.82, 2.24) is 19.9 Å². The molecule has 3 aliphatic rings. The lowest BCUT2D eigenvalue weighted by atomic mass is 9.88. The van der Waals surface area contributed by atoms with Gasteiger partial charge < -0.3 is 19.2 Å². The van der Waals surface area contributed by atoms with Crippen molar-refractivity contribution in [1.29, 1.82) is 0 Å². The molecule has 2 unspecified atom stereocenters. The summed E-state index contributed by atoms with van der Waals surface area (Å²) in [5, 5.41) is 11.5. The first kappa shape index (κ1) is 22.3. The smallest absolute Gasteiger partial charge is 0.465 e. The molecule has 2 atom stereocenters. The number of oxazole rings is 1. The quantitative estimate of drug-likeness (QED) is 0.515. The summed E-state index contributed by atoms with van der Waals surface area (Å²) in [7, 11) is 2.12. The third-order valence-corrected chi connectivity index (χ3v) is 6.52. The van der Waals surface area contributed by atoms with Crippen molar-refractivity contribution < 1.29 is 37.5 Å². The number of hydroxylamine groups is 2. The minimum Gasteiger partial charge on any atom is -0.465 e. The van der Waals surface area contributed by atoms with E-state index < -0.39 is 18.1 Å². The number of fused-ring (bicyclic) bond motifs is 3. The average Bonchev–Trinajstić information content (AvgIpc) is 3.48.